The zero-order valence-electron chi connectivity index (χ0n) is 27.0. The van der Waals surface area contributed by atoms with E-state index in [2.05, 4.69) is 100 Å². The molecule has 1 saturated heterocycles. The van der Waals surface area contributed by atoms with Crippen LogP contribution in [0.15, 0.2) is 128 Å². The molecule has 4 aromatic carbocycles. The summed E-state index contributed by atoms with van der Waals surface area (Å²) in [6.07, 6.45) is 4.30. The minimum atomic E-state index is -0.0880. The maximum absolute atomic E-state index is 6.66. The molecule has 0 aliphatic carbocycles. The third-order valence-corrected chi connectivity index (χ3v) is 8.84. The molecular weight excluding hydrogens is 598 g/mol. The predicted octanol–water partition coefficient (Wildman–Crippen LogP) is 7.63. The monoisotopic (exact) mass is 639 g/mol. The number of aromatic nitrogens is 2. The molecule has 3 atom stereocenters. The molecule has 1 aliphatic heterocycles. The number of pyridine rings is 2. The molecule has 3 heterocycles. The fraction of sp³-hybridized carbons (Fsp3) is 0.268. The van der Waals surface area contributed by atoms with Crippen molar-refractivity contribution >= 4 is 21.8 Å². The normalized spacial score (nSPS) is 17.9. The van der Waals surface area contributed by atoms with E-state index in [4.69, 9.17) is 18.9 Å². The van der Waals surface area contributed by atoms with Crippen molar-refractivity contribution in [2.75, 3.05) is 26.3 Å². The van der Waals surface area contributed by atoms with Crippen LogP contribution in [0.1, 0.15) is 34.6 Å². The lowest BCUT2D eigenvalue weighted by atomic mass is 9.85. The van der Waals surface area contributed by atoms with E-state index in [1.807, 2.05) is 42.7 Å². The summed E-state index contributed by atoms with van der Waals surface area (Å²) < 4.78 is 25.2. The van der Waals surface area contributed by atoms with E-state index in [-0.39, 0.29) is 18.1 Å². The van der Waals surface area contributed by atoms with Gasteiger partial charge in [0.2, 0.25) is 0 Å². The van der Waals surface area contributed by atoms with E-state index in [1.54, 1.807) is 0 Å². The van der Waals surface area contributed by atoms with Gasteiger partial charge in [0.1, 0.15) is 5.75 Å². The highest BCUT2D eigenvalue weighted by atomic mass is 16.5. The maximum atomic E-state index is 6.66. The second kappa shape index (κ2) is 16.0. The Hall–Kier alpha value is -4.66. The SMILES string of the molecule is c1ccc(COCCCOc2ccc(C3[C@@H](OCc4ccc5cccnc5c4)CNC[C@H]3OCc3ccc4cccnc4c3)cc2)cc1. The summed E-state index contributed by atoms with van der Waals surface area (Å²) in [7, 11) is 0. The Morgan fingerprint density at radius 1 is 0.583 bits per heavy atom. The Balaban J connectivity index is 1.01. The number of fused-ring (bicyclic) bond motifs is 2. The van der Waals surface area contributed by atoms with Crippen LogP contribution >= 0.6 is 0 Å². The number of nitrogens with zero attached hydrogens (tertiary/aromatic N) is 2. The highest BCUT2D eigenvalue weighted by Crippen LogP contribution is 2.33. The van der Waals surface area contributed by atoms with Crippen molar-refractivity contribution in [1.29, 1.82) is 0 Å². The third-order valence-electron chi connectivity index (χ3n) is 8.84. The first-order chi connectivity index (χ1) is 23.8. The summed E-state index contributed by atoms with van der Waals surface area (Å²) in [4.78, 5) is 9.06. The average Bonchev–Trinajstić information content (AvgIpc) is 3.15. The van der Waals surface area contributed by atoms with Gasteiger partial charge in [-0.05, 0) is 58.7 Å². The number of nitrogens with one attached hydrogen (secondary N) is 1. The van der Waals surface area contributed by atoms with Crippen molar-refractivity contribution < 1.29 is 18.9 Å². The van der Waals surface area contributed by atoms with Crippen LogP contribution in [0.4, 0.5) is 0 Å². The Bertz CT molecular complexity index is 1810. The van der Waals surface area contributed by atoms with Gasteiger partial charge in [0.25, 0.3) is 0 Å². The summed E-state index contributed by atoms with van der Waals surface area (Å²) in [5, 5.41) is 5.82. The van der Waals surface area contributed by atoms with Gasteiger partial charge in [0.05, 0.1) is 56.3 Å². The van der Waals surface area contributed by atoms with Gasteiger partial charge >= 0.3 is 0 Å². The summed E-state index contributed by atoms with van der Waals surface area (Å²) in [6.45, 7) is 4.32. The van der Waals surface area contributed by atoms with Gasteiger partial charge in [-0.1, -0.05) is 78.9 Å². The molecule has 0 saturated carbocycles. The van der Waals surface area contributed by atoms with Gasteiger partial charge in [-0.2, -0.15) is 0 Å². The van der Waals surface area contributed by atoms with Crippen LogP contribution in [0.2, 0.25) is 0 Å². The number of benzene rings is 4. The first-order valence-corrected chi connectivity index (χ1v) is 16.7. The van der Waals surface area contributed by atoms with Crippen LogP contribution in [0, 0.1) is 0 Å². The van der Waals surface area contributed by atoms with Crippen LogP contribution in [-0.2, 0) is 34.0 Å². The van der Waals surface area contributed by atoms with Gasteiger partial charge < -0.3 is 24.3 Å². The van der Waals surface area contributed by atoms with Crippen molar-refractivity contribution in [2.24, 2.45) is 0 Å². The number of hydrogen-bond acceptors (Lipinski definition) is 7. The molecule has 1 aliphatic rings. The zero-order chi connectivity index (χ0) is 32.4. The lowest BCUT2D eigenvalue weighted by Crippen LogP contribution is -2.50. The smallest absolute Gasteiger partial charge is 0.119 e. The van der Waals surface area contributed by atoms with E-state index >= 15 is 0 Å². The topological polar surface area (TPSA) is 74.7 Å². The Morgan fingerprint density at radius 2 is 1.21 bits per heavy atom. The molecule has 7 heteroatoms. The third kappa shape index (κ3) is 8.24. The van der Waals surface area contributed by atoms with Crippen molar-refractivity contribution in [3.63, 3.8) is 0 Å². The lowest BCUT2D eigenvalue weighted by molar-refractivity contribution is -0.0650. The van der Waals surface area contributed by atoms with Crippen LogP contribution in [-0.4, -0.2) is 48.5 Å². The first-order valence-electron chi connectivity index (χ1n) is 16.7. The summed E-state index contributed by atoms with van der Waals surface area (Å²) >= 11 is 0. The number of ether oxygens (including phenoxy) is 4. The molecule has 2 aromatic heterocycles. The lowest BCUT2D eigenvalue weighted by Gasteiger charge is -2.39. The quantitative estimate of drug-likeness (QED) is 0.123. The number of piperidine rings is 1. The minimum Gasteiger partial charge on any atom is -0.494 e. The number of hydrogen-bond donors (Lipinski definition) is 1. The molecule has 7 nitrogen and oxygen atoms in total. The van der Waals surface area contributed by atoms with Gasteiger partial charge in [0, 0.05) is 48.6 Å². The minimum absolute atomic E-state index is 0.0313. The second-order valence-electron chi connectivity index (χ2n) is 12.3. The zero-order valence-corrected chi connectivity index (χ0v) is 27.0. The summed E-state index contributed by atoms with van der Waals surface area (Å²) in [5.74, 6) is 0.877. The molecular formula is C41H41N3O4. The van der Waals surface area contributed by atoms with Gasteiger partial charge in [-0.25, -0.2) is 0 Å². The van der Waals surface area contributed by atoms with Crippen LogP contribution in [0.25, 0.3) is 21.8 Å². The van der Waals surface area contributed by atoms with Crippen molar-refractivity contribution in [3.8, 4) is 5.75 Å². The van der Waals surface area contributed by atoms with Crippen molar-refractivity contribution in [1.82, 2.24) is 15.3 Å². The van der Waals surface area contributed by atoms with Crippen LogP contribution in [0.3, 0.4) is 0 Å². The van der Waals surface area contributed by atoms with E-state index < -0.39 is 0 Å². The molecule has 1 unspecified atom stereocenters. The predicted molar refractivity (Wildman–Crippen MR) is 189 cm³/mol. The summed E-state index contributed by atoms with van der Waals surface area (Å²) in [6, 6.07) is 39.4. The first kappa shape index (κ1) is 31.9. The van der Waals surface area contributed by atoms with Gasteiger partial charge in [-0.15, -0.1) is 0 Å². The highest BCUT2D eigenvalue weighted by molar-refractivity contribution is 5.79. The van der Waals surface area contributed by atoms with E-state index in [0.29, 0.717) is 33.0 Å². The summed E-state index contributed by atoms with van der Waals surface area (Å²) in [5.41, 5.74) is 6.50. The van der Waals surface area contributed by atoms with E-state index in [0.717, 1.165) is 58.2 Å². The van der Waals surface area contributed by atoms with E-state index in [9.17, 15) is 0 Å². The van der Waals surface area contributed by atoms with Crippen molar-refractivity contribution in [2.45, 2.75) is 44.4 Å². The van der Waals surface area contributed by atoms with Crippen LogP contribution < -0.4 is 10.1 Å². The standard InChI is InChI=1S/C41H41N3O4/c1-2-7-30(8-3-1)27-45-21-6-22-46-36-17-15-35(16-18-36)41-39(47-28-31-11-13-33-9-4-19-43-37(33)23-31)25-42-26-40(41)48-29-32-12-14-34-10-5-20-44-38(34)24-32/h1-5,7-20,23-24,39-42H,6,21-22,25-29H2/t39-,40+,41?. The molecule has 6 aromatic rings. The largest absolute Gasteiger partial charge is 0.494 e. The highest BCUT2D eigenvalue weighted by Gasteiger charge is 2.36. The van der Waals surface area contributed by atoms with Crippen LogP contribution in [0.5, 0.6) is 5.75 Å². The second-order valence-corrected chi connectivity index (χ2v) is 12.3. The molecule has 1 N–H and O–H groups in total. The van der Waals surface area contributed by atoms with Crippen molar-refractivity contribution in [3.05, 3.63) is 150 Å². The molecule has 0 spiro atoms. The van der Waals surface area contributed by atoms with Gasteiger partial charge in [0.15, 0.2) is 0 Å². The molecule has 7 rings (SSSR count). The Morgan fingerprint density at radius 3 is 1.83 bits per heavy atom. The fourth-order valence-electron chi connectivity index (χ4n) is 6.33. The van der Waals surface area contributed by atoms with E-state index in [1.165, 1.54) is 11.1 Å². The average molecular weight is 640 g/mol. The molecule has 244 valence electrons. The molecule has 0 amide bonds. The Kier molecular flexibility index (Phi) is 10.6. The molecule has 1 fully saturated rings. The Labute approximate surface area is 281 Å². The molecule has 48 heavy (non-hydrogen) atoms. The molecule has 0 radical (unpaired) electrons. The fourth-order valence-corrected chi connectivity index (χ4v) is 6.33. The van der Waals surface area contributed by atoms with Gasteiger partial charge in [-0.3, -0.25) is 9.97 Å². The molecule has 0 bridgehead atoms. The number of rotatable bonds is 14. The maximum Gasteiger partial charge on any atom is 0.119 e.